The number of nitrogens with one attached hydrogen (secondary N) is 3. The van der Waals surface area contributed by atoms with Gasteiger partial charge in [-0.2, -0.15) is 5.26 Å². The van der Waals surface area contributed by atoms with Gasteiger partial charge in [0, 0.05) is 24.2 Å². The van der Waals surface area contributed by atoms with Crippen molar-refractivity contribution in [1.29, 1.82) is 5.26 Å². The number of amides is 2. The zero-order valence-electron chi connectivity index (χ0n) is 19.5. The highest BCUT2D eigenvalue weighted by Crippen LogP contribution is 2.23. The Morgan fingerprint density at radius 1 is 1.33 bits per heavy atom. The molecule has 176 valence electrons. The minimum Gasteiger partial charge on any atom is -0.461 e. The number of benzene rings is 1. The normalized spacial score (nSPS) is 17.1. The molecule has 1 fully saturated rings. The summed E-state index contributed by atoms with van der Waals surface area (Å²) in [5.74, 6) is 1.14. The van der Waals surface area contributed by atoms with Gasteiger partial charge in [0.15, 0.2) is 6.19 Å². The van der Waals surface area contributed by atoms with E-state index in [1.165, 1.54) is 0 Å². The van der Waals surface area contributed by atoms with E-state index in [0.29, 0.717) is 31.1 Å². The molecule has 1 unspecified atom stereocenters. The summed E-state index contributed by atoms with van der Waals surface area (Å²) in [5.41, 5.74) is 1.48. The summed E-state index contributed by atoms with van der Waals surface area (Å²) in [7, 11) is 0. The van der Waals surface area contributed by atoms with Crippen LogP contribution in [-0.2, 0) is 9.59 Å². The fourth-order valence-corrected chi connectivity index (χ4v) is 3.79. The molecule has 9 heteroatoms. The van der Waals surface area contributed by atoms with Crippen LogP contribution in [0.4, 0.5) is 5.69 Å². The molecule has 2 heterocycles. The molecule has 0 aliphatic carbocycles. The number of likely N-dealkylation sites (tertiary alicyclic amines) is 1. The number of rotatable bonds is 7. The van der Waals surface area contributed by atoms with Crippen molar-refractivity contribution in [3.05, 3.63) is 30.0 Å². The minimum atomic E-state index is -0.667. The zero-order chi connectivity index (χ0) is 23.8. The highest BCUT2D eigenvalue weighted by Gasteiger charge is 2.28. The molecule has 2 aromatic rings. The molecular formula is C24H32N6O3. The van der Waals surface area contributed by atoms with E-state index in [1.807, 2.05) is 37.4 Å². The van der Waals surface area contributed by atoms with Gasteiger partial charge in [-0.25, -0.2) is 4.99 Å². The molecule has 1 aromatic carbocycles. The Balaban J connectivity index is 1.70. The number of hydrogen-bond acceptors (Lipinski definition) is 5. The van der Waals surface area contributed by atoms with Gasteiger partial charge in [0.25, 0.3) is 0 Å². The summed E-state index contributed by atoms with van der Waals surface area (Å²) < 4.78 is 5.60. The van der Waals surface area contributed by atoms with E-state index in [1.54, 1.807) is 4.90 Å². The van der Waals surface area contributed by atoms with Gasteiger partial charge in [-0.1, -0.05) is 13.8 Å². The number of nitrogens with zero attached hydrogens (tertiary/aromatic N) is 3. The number of carbonyl (C=O) groups excluding carboxylic acids is 2. The summed E-state index contributed by atoms with van der Waals surface area (Å²) in [6.07, 6.45) is 4.95. The first-order valence-corrected chi connectivity index (χ1v) is 11.4. The third-order valence-electron chi connectivity index (χ3n) is 5.49. The summed E-state index contributed by atoms with van der Waals surface area (Å²) in [4.78, 5) is 31.5. The van der Waals surface area contributed by atoms with Crippen LogP contribution in [0.5, 0.6) is 0 Å². The third kappa shape index (κ3) is 6.97. The van der Waals surface area contributed by atoms with Gasteiger partial charge in [0.1, 0.15) is 17.4 Å². The van der Waals surface area contributed by atoms with Crippen LogP contribution in [0.3, 0.4) is 0 Å². The van der Waals surface area contributed by atoms with E-state index in [9.17, 15) is 14.9 Å². The van der Waals surface area contributed by atoms with Crippen LogP contribution < -0.4 is 16.0 Å². The lowest BCUT2D eigenvalue weighted by Crippen LogP contribution is -2.44. The van der Waals surface area contributed by atoms with Crippen LogP contribution in [0.15, 0.2) is 33.7 Å². The fraction of sp³-hybridized carbons (Fsp3) is 0.500. The predicted molar refractivity (Wildman–Crippen MR) is 127 cm³/mol. The van der Waals surface area contributed by atoms with Gasteiger partial charge >= 0.3 is 0 Å². The smallest absolute Gasteiger partial charge is 0.247 e. The van der Waals surface area contributed by atoms with E-state index in [4.69, 9.17) is 4.42 Å². The van der Waals surface area contributed by atoms with Gasteiger partial charge in [-0.3, -0.25) is 14.9 Å². The lowest BCUT2D eigenvalue weighted by Gasteiger charge is -2.23. The second-order valence-electron chi connectivity index (χ2n) is 8.75. The molecule has 0 radical (unpaired) electrons. The second-order valence-corrected chi connectivity index (χ2v) is 8.75. The highest BCUT2D eigenvalue weighted by atomic mass is 16.3. The van der Waals surface area contributed by atoms with E-state index >= 15 is 0 Å². The van der Waals surface area contributed by atoms with Crippen molar-refractivity contribution >= 4 is 34.4 Å². The summed E-state index contributed by atoms with van der Waals surface area (Å²) >= 11 is 0. The Bertz CT molecular complexity index is 1050. The summed E-state index contributed by atoms with van der Waals surface area (Å²) in [6, 6.07) is 6.81. The Kier molecular flexibility index (Phi) is 8.30. The SMILES string of the molecule is Cc1cc2cc(NC(=NC3CCCCN(CC(=O)NCCC(C)C)C3=O)NC#N)ccc2o1. The van der Waals surface area contributed by atoms with Crippen molar-refractivity contribution in [2.45, 2.75) is 52.5 Å². The lowest BCUT2D eigenvalue weighted by atomic mass is 10.1. The van der Waals surface area contributed by atoms with Gasteiger partial charge in [0.2, 0.25) is 17.8 Å². The molecule has 1 aromatic heterocycles. The van der Waals surface area contributed by atoms with Crippen LogP contribution >= 0.6 is 0 Å². The Morgan fingerprint density at radius 2 is 2.15 bits per heavy atom. The maximum absolute atomic E-state index is 13.1. The number of guanidine groups is 1. The minimum absolute atomic E-state index is 0.0217. The Hall–Kier alpha value is -3.54. The van der Waals surface area contributed by atoms with Crippen molar-refractivity contribution in [2.75, 3.05) is 25.0 Å². The maximum Gasteiger partial charge on any atom is 0.247 e. The molecule has 3 rings (SSSR count). The molecule has 1 aliphatic rings. The number of aryl methyl sites for hydroxylation is 1. The summed E-state index contributed by atoms with van der Waals surface area (Å²) in [6.45, 7) is 7.22. The maximum atomic E-state index is 13.1. The number of hydrogen-bond donors (Lipinski definition) is 3. The van der Waals surface area contributed by atoms with Crippen molar-refractivity contribution in [2.24, 2.45) is 10.9 Å². The first kappa shape index (κ1) is 24.1. The third-order valence-corrected chi connectivity index (χ3v) is 5.49. The molecule has 1 atom stereocenters. The fourth-order valence-electron chi connectivity index (χ4n) is 3.79. The van der Waals surface area contributed by atoms with Crippen molar-refractivity contribution in [1.82, 2.24) is 15.5 Å². The lowest BCUT2D eigenvalue weighted by molar-refractivity contribution is -0.136. The quantitative estimate of drug-likeness (QED) is 0.257. The number of fused-ring (bicyclic) bond motifs is 1. The molecule has 2 amide bonds. The predicted octanol–water partition coefficient (Wildman–Crippen LogP) is 3.12. The van der Waals surface area contributed by atoms with Crippen molar-refractivity contribution < 1.29 is 14.0 Å². The number of aliphatic imine (C=N–C) groups is 1. The molecule has 33 heavy (non-hydrogen) atoms. The van der Waals surface area contributed by atoms with Crippen LogP contribution in [0.2, 0.25) is 0 Å². The van der Waals surface area contributed by atoms with Crippen LogP contribution in [-0.4, -0.2) is 48.3 Å². The van der Waals surface area contributed by atoms with E-state index in [-0.39, 0.29) is 24.3 Å². The molecule has 1 saturated heterocycles. The van der Waals surface area contributed by atoms with Crippen LogP contribution in [0.25, 0.3) is 11.0 Å². The first-order chi connectivity index (χ1) is 15.9. The molecule has 1 aliphatic heterocycles. The second kappa shape index (κ2) is 11.4. The standard InChI is InChI=1S/C24H32N6O3/c1-16(2)9-10-26-22(31)14-30-11-5-4-6-20(23(30)32)29-24(27-15-25)28-19-7-8-21-18(13-19)12-17(3)33-21/h7-8,12-13,16,20H,4-6,9-11,14H2,1-3H3,(H,26,31)(H2,27,28,29). The summed E-state index contributed by atoms with van der Waals surface area (Å²) in [5, 5.41) is 18.6. The van der Waals surface area contributed by atoms with Gasteiger partial charge in [0.05, 0.1) is 6.54 Å². The molecule has 0 bridgehead atoms. The molecule has 0 saturated carbocycles. The van der Waals surface area contributed by atoms with E-state index in [2.05, 4.69) is 34.8 Å². The van der Waals surface area contributed by atoms with Crippen LogP contribution in [0, 0.1) is 24.3 Å². The molecule has 3 N–H and O–H groups in total. The number of furan rings is 1. The topological polar surface area (TPSA) is 123 Å². The molecule has 0 spiro atoms. The number of carbonyl (C=O) groups is 2. The Labute approximate surface area is 194 Å². The average molecular weight is 453 g/mol. The molecular weight excluding hydrogens is 420 g/mol. The Morgan fingerprint density at radius 3 is 2.91 bits per heavy atom. The molecule has 9 nitrogen and oxygen atoms in total. The monoisotopic (exact) mass is 452 g/mol. The zero-order valence-corrected chi connectivity index (χ0v) is 19.5. The number of nitriles is 1. The largest absolute Gasteiger partial charge is 0.461 e. The van der Waals surface area contributed by atoms with Gasteiger partial charge in [-0.05, 0) is 62.8 Å². The van der Waals surface area contributed by atoms with Gasteiger partial charge < -0.3 is 20.0 Å². The van der Waals surface area contributed by atoms with E-state index in [0.717, 1.165) is 36.0 Å². The average Bonchev–Trinajstić information content (AvgIpc) is 3.04. The first-order valence-electron chi connectivity index (χ1n) is 11.4. The highest BCUT2D eigenvalue weighted by molar-refractivity contribution is 5.98. The number of anilines is 1. The van der Waals surface area contributed by atoms with Crippen molar-refractivity contribution in [3.63, 3.8) is 0 Å². The van der Waals surface area contributed by atoms with Crippen molar-refractivity contribution in [3.8, 4) is 6.19 Å². The van der Waals surface area contributed by atoms with Crippen LogP contribution in [0.1, 0.15) is 45.3 Å². The van der Waals surface area contributed by atoms with E-state index < -0.39 is 6.04 Å². The van der Waals surface area contributed by atoms with Gasteiger partial charge in [-0.15, -0.1) is 0 Å².